The Labute approximate surface area is 313 Å². The number of benzene rings is 4. The molecule has 0 atom stereocenters. The molecule has 0 aliphatic carbocycles. The molecule has 0 fully saturated rings. The van der Waals surface area contributed by atoms with Crippen LogP contribution in [-0.2, 0) is 33.1 Å². The van der Waals surface area contributed by atoms with E-state index in [2.05, 4.69) is 13.8 Å². The summed E-state index contributed by atoms with van der Waals surface area (Å²) in [7, 11) is -8.87. The van der Waals surface area contributed by atoms with Gasteiger partial charge in [0.15, 0.2) is 0 Å². The molecule has 0 radical (unpaired) electrons. The summed E-state index contributed by atoms with van der Waals surface area (Å²) in [5, 5.41) is 2.68. The van der Waals surface area contributed by atoms with Gasteiger partial charge in [-0.15, -0.1) is 0 Å². The minimum atomic E-state index is -4.43. The second kappa shape index (κ2) is 21.5. The van der Waals surface area contributed by atoms with Gasteiger partial charge in [-0.1, -0.05) is 139 Å². The zero-order valence-electron chi connectivity index (χ0n) is 28.2. The number of rotatable bonds is 18. The van der Waals surface area contributed by atoms with E-state index in [0.717, 1.165) is 47.6 Å². The van der Waals surface area contributed by atoms with Gasteiger partial charge in [-0.2, -0.15) is 0 Å². The minimum absolute atomic E-state index is 0. The molecule has 252 valence electrons. The van der Waals surface area contributed by atoms with E-state index in [1.54, 1.807) is 12.1 Å². The van der Waals surface area contributed by atoms with E-state index in [4.69, 9.17) is 0 Å². The van der Waals surface area contributed by atoms with Crippen molar-refractivity contribution in [3.8, 4) is 0 Å². The topological polar surface area (TPSA) is 114 Å². The molecule has 4 rings (SSSR count). The van der Waals surface area contributed by atoms with E-state index in [0.29, 0.717) is 10.8 Å². The van der Waals surface area contributed by atoms with Gasteiger partial charge in [0.05, 0.1) is 9.79 Å². The first-order chi connectivity index (χ1) is 22.0. The molecule has 47 heavy (non-hydrogen) atoms. The van der Waals surface area contributed by atoms with Crippen molar-refractivity contribution in [2.24, 2.45) is 0 Å². The van der Waals surface area contributed by atoms with Crippen molar-refractivity contribution in [1.29, 1.82) is 0 Å². The van der Waals surface area contributed by atoms with Crippen LogP contribution in [0.3, 0.4) is 0 Å². The normalized spacial score (nSPS) is 11.7. The Morgan fingerprint density at radius 3 is 1.15 bits per heavy atom. The van der Waals surface area contributed by atoms with E-state index >= 15 is 0 Å². The van der Waals surface area contributed by atoms with Gasteiger partial charge in [0.1, 0.15) is 20.2 Å². The van der Waals surface area contributed by atoms with Gasteiger partial charge in [0, 0.05) is 0 Å². The van der Waals surface area contributed by atoms with Crippen LogP contribution in [0.1, 0.15) is 115 Å². The molecule has 0 aromatic heterocycles. The largest absolute Gasteiger partial charge is 2.00 e. The summed E-state index contributed by atoms with van der Waals surface area (Å²) in [5.41, 5.74) is 2.20. The zero-order chi connectivity index (χ0) is 33.4. The molecule has 4 aromatic rings. The molecule has 0 N–H and O–H groups in total. The van der Waals surface area contributed by atoms with E-state index in [1.165, 1.54) is 89.2 Å². The van der Waals surface area contributed by atoms with Gasteiger partial charge >= 0.3 is 37.7 Å². The molecule has 0 bridgehead atoms. The van der Waals surface area contributed by atoms with Crippen LogP contribution in [0.4, 0.5) is 0 Å². The molecule has 0 unspecified atom stereocenters. The Bertz CT molecular complexity index is 1610. The summed E-state index contributed by atoms with van der Waals surface area (Å²) in [6.45, 7) is 4.44. The maximum absolute atomic E-state index is 11.4. The summed E-state index contributed by atoms with van der Waals surface area (Å²) in [6.07, 6.45) is 19.4. The van der Waals surface area contributed by atoms with Crippen molar-refractivity contribution >= 4 is 79.5 Å². The van der Waals surface area contributed by atoms with Crippen molar-refractivity contribution in [1.82, 2.24) is 0 Å². The van der Waals surface area contributed by atoms with E-state index in [1.807, 2.05) is 48.5 Å². The molecular formula is C38H50CaO6S2. The van der Waals surface area contributed by atoms with Crippen LogP contribution >= 0.6 is 0 Å². The van der Waals surface area contributed by atoms with Crippen molar-refractivity contribution in [2.45, 2.75) is 126 Å². The predicted octanol–water partition coefficient (Wildman–Crippen LogP) is 9.69. The van der Waals surface area contributed by atoms with Crippen LogP contribution in [0, 0.1) is 0 Å². The van der Waals surface area contributed by atoms with Crippen LogP contribution in [-0.4, -0.2) is 63.7 Å². The molecule has 0 heterocycles. The van der Waals surface area contributed by atoms with Crippen LogP contribution in [0.5, 0.6) is 0 Å². The standard InChI is InChI=1S/2C19H26O3S.Ca/c2*1-2-3-4-5-6-7-8-10-16-13-14-17-11-9-12-19(18(17)15-16)23(20,21)22;/h2*9,11-15H,2-8,10H2,1H3,(H,20,21,22);/q;;+2/p-2. The van der Waals surface area contributed by atoms with Gasteiger partial charge in [-0.25, -0.2) is 16.8 Å². The fraction of sp³-hybridized carbons (Fsp3) is 0.474. The summed E-state index contributed by atoms with van der Waals surface area (Å²) in [5.74, 6) is 0. The van der Waals surface area contributed by atoms with Crippen molar-refractivity contribution in [2.75, 3.05) is 0 Å². The molecule has 0 saturated heterocycles. The maximum atomic E-state index is 11.4. The van der Waals surface area contributed by atoms with Crippen LogP contribution < -0.4 is 0 Å². The Morgan fingerprint density at radius 1 is 0.468 bits per heavy atom. The predicted molar refractivity (Wildman–Crippen MR) is 193 cm³/mol. The Hall–Kier alpha value is -1.52. The first-order valence-corrected chi connectivity index (χ1v) is 19.8. The molecule has 4 aromatic carbocycles. The SMILES string of the molecule is CCCCCCCCCc1ccc2cccc(S(=O)(=O)[O-])c2c1.CCCCCCCCCc1ccc2cccc(S(=O)(=O)[O-])c2c1.[Ca+2]. The third kappa shape index (κ3) is 14.5. The third-order valence-corrected chi connectivity index (χ3v) is 10.3. The van der Waals surface area contributed by atoms with Gasteiger partial charge in [-0.05, 0) is 82.6 Å². The Kier molecular flexibility index (Phi) is 19.1. The van der Waals surface area contributed by atoms with Crippen molar-refractivity contribution in [3.05, 3.63) is 83.9 Å². The zero-order valence-corrected chi connectivity index (χ0v) is 32.1. The Morgan fingerprint density at radius 2 is 0.809 bits per heavy atom. The number of hydrogen-bond acceptors (Lipinski definition) is 6. The Balaban J connectivity index is 0.000000320. The molecule has 0 saturated carbocycles. The van der Waals surface area contributed by atoms with Gasteiger partial charge in [-0.3, -0.25) is 0 Å². The third-order valence-electron chi connectivity index (χ3n) is 8.49. The number of fused-ring (bicyclic) bond motifs is 2. The quantitative estimate of drug-likeness (QED) is 0.0578. The summed E-state index contributed by atoms with van der Waals surface area (Å²) >= 11 is 0. The van der Waals surface area contributed by atoms with Crippen molar-refractivity contribution in [3.63, 3.8) is 0 Å². The molecule has 6 nitrogen and oxygen atoms in total. The summed E-state index contributed by atoms with van der Waals surface area (Å²) in [6, 6.07) is 21.3. The molecule has 0 aliphatic heterocycles. The second-order valence-corrected chi connectivity index (χ2v) is 15.0. The van der Waals surface area contributed by atoms with Crippen LogP contribution in [0.2, 0.25) is 0 Å². The summed E-state index contributed by atoms with van der Waals surface area (Å²) < 4.78 is 68.3. The molecule has 0 spiro atoms. The molecule has 9 heteroatoms. The number of unbranched alkanes of at least 4 members (excludes halogenated alkanes) is 12. The van der Waals surface area contributed by atoms with Gasteiger partial charge in [0.2, 0.25) is 0 Å². The number of aryl methyl sites for hydroxylation is 2. The monoisotopic (exact) mass is 706 g/mol. The van der Waals surface area contributed by atoms with E-state index < -0.39 is 20.2 Å². The van der Waals surface area contributed by atoms with Crippen LogP contribution in [0.25, 0.3) is 21.5 Å². The van der Waals surface area contributed by atoms with E-state index in [9.17, 15) is 25.9 Å². The fourth-order valence-electron chi connectivity index (χ4n) is 5.90. The van der Waals surface area contributed by atoms with Gasteiger partial charge in [0.25, 0.3) is 0 Å². The molecular weight excluding hydrogens is 657 g/mol. The molecule has 0 amide bonds. The van der Waals surface area contributed by atoms with Crippen LogP contribution in [0.15, 0.2) is 82.6 Å². The van der Waals surface area contributed by atoms with Gasteiger partial charge < -0.3 is 9.11 Å². The average Bonchev–Trinajstić information content (AvgIpc) is 3.02. The van der Waals surface area contributed by atoms with E-state index in [-0.39, 0.29) is 47.5 Å². The first-order valence-electron chi connectivity index (χ1n) is 17.0. The number of hydrogen-bond donors (Lipinski definition) is 0. The molecule has 0 aliphatic rings. The maximum Gasteiger partial charge on any atom is 2.00 e. The fourth-order valence-corrected chi connectivity index (χ4v) is 7.28. The minimum Gasteiger partial charge on any atom is -0.744 e. The second-order valence-electron chi connectivity index (χ2n) is 12.3. The smallest absolute Gasteiger partial charge is 0.744 e. The average molecular weight is 707 g/mol. The van der Waals surface area contributed by atoms with Crippen molar-refractivity contribution < 1.29 is 25.9 Å². The summed E-state index contributed by atoms with van der Waals surface area (Å²) in [4.78, 5) is -0.229. The first kappa shape index (κ1) is 41.7.